The molecule has 90 valence electrons. The number of fused-ring (bicyclic) bond motifs is 1. The Morgan fingerprint density at radius 2 is 2.12 bits per heavy atom. The lowest BCUT2D eigenvalue weighted by Gasteiger charge is -2.49. The van der Waals surface area contributed by atoms with Crippen LogP contribution in [0.2, 0.25) is 0 Å². The van der Waals surface area contributed by atoms with Crippen molar-refractivity contribution in [3.63, 3.8) is 0 Å². The van der Waals surface area contributed by atoms with Gasteiger partial charge in [-0.15, -0.1) is 0 Å². The molecule has 0 aromatic rings. The van der Waals surface area contributed by atoms with Gasteiger partial charge < -0.3 is 4.74 Å². The van der Waals surface area contributed by atoms with E-state index in [2.05, 4.69) is 13.8 Å². The van der Waals surface area contributed by atoms with Crippen molar-refractivity contribution in [1.29, 1.82) is 0 Å². The van der Waals surface area contributed by atoms with Gasteiger partial charge in [-0.3, -0.25) is 4.79 Å². The largest absolute Gasteiger partial charge is 0.462 e. The summed E-state index contributed by atoms with van der Waals surface area (Å²) in [5.41, 5.74) is 0.217. The van der Waals surface area contributed by atoms with Crippen molar-refractivity contribution < 1.29 is 9.53 Å². The second-order valence-electron chi connectivity index (χ2n) is 6.36. The van der Waals surface area contributed by atoms with E-state index in [1.165, 1.54) is 25.7 Å². The van der Waals surface area contributed by atoms with Crippen LogP contribution in [0.1, 0.15) is 52.4 Å². The molecule has 2 saturated carbocycles. The molecule has 2 bridgehead atoms. The molecule has 3 aliphatic rings. The van der Waals surface area contributed by atoms with E-state index in [1.54, 1.807) is 0 Å². The highest BCUT2D eigenvalue weighted by molar-refractivity contribution is 5.73. The predicted octanol–water partition coefficient (Wildman–Crippen LogP) is 3.15. The molecule has 0 aromatic heterocycles. The first-order chi connectivity index (χ1) is 7.61. The third-order valence-corrected chi connectivity index (χ3v) is 5.71. The van der Waals surface area contributed by atoms with Crippen LogP contribution in [0.3, 0.4) is 0 Å². The summed E-state index contributed by atoms with van der Waals surface area (Å²) in [5.74, 6) is 1.77. The summed E-state index contributed by atoms with van der Waals surface area (Å²) in [6, 6.07) is 0. The standard InChI is InChI=1S/C14H22O2/c1-9-13(15)16-11-6-5-10-4-3-7-14(9,2)12(10)8-11/h9-12H,3-8H2,1-2H3. The molecule has 3 fully saturated rings. The van der Waals surface area contributed by atoms with Gasteiger partial charge >= 0.3 is 5.97 Å². The third kappa shape index (κ3) is 1.34. The maximum atomic E-state index is 12.0. The highest BCUT2D eigenvalue weighted by Gasteiger charge is 2.53. The van der Waals surface area contributed by atoms with Crippen LogP contribution in [0, 0.1) is 23.2 Å². The van der Waals surface area contributed by atoms with Gasteiger partial charge in [-0.2, -0.15) is 0 Å². The number of carbonyl (C=O) groups is 1. The first kappa shape index (κ1) is 10.6. The van der Waals surface area contributed by atoms with Gasteiger partial charge in [0.25, 0.3) is 0 Å². The minimum atomic E-state index is 0.0672. The van der Waals surface area contributed by atoms with Gasteiger partial charge in [0.05, 0.1) is 5.92 Å². The third-order valence-electron chi connectivity index (χ3n) is 5.71. The summed E-state index contributed by atoms with van der Waals surface area (Å²) in [7, 11) is 0. The molecular weight excluding hydrogens is 200 g/mol. The number of ether oxygens (including phenoxy) is 1. The molecule has 1 saturated heterocycles. The van der Waals surface area contributed by atoms with Crippen molar-refractivity contribution in [3.05, 3.63) is 0 Å². The molecule has 0 spiro atoms. The van der Waals surface area contributed by atoms with Crippen LogP contribution in [-0.2, 0) is 9.53 Å². The molecule has 0 aromatic carbocycles. The van der Waals surface area contributed by atoms with Crippen molar-refractivity contribution in [2.45, 2.75) is 58.5 Å². The number of rotatable bonds is 0. The Morgan fingerprint density at radius 1 is 1.31 bits per heavy atom. The number of esters is 1. The van der Waals surface area contributed by atoms with Crippen LogP contribution >= 0.6 is 0 Å². The quantitative estimate of drug-likeness (QED) is 0.588. The van der Waals surface area contributed by atoms with Crippen LogP contribution < -0.4 is 0 Å². The molecule has 16 heavy (non-hydrogen) atoms. The van der Waals surface area contributed by atoms with Crippen LogP contribution in [-0.4, -0.2) is 12.1 Å². The summed E-state index contributed by atoms with van der Waals surface area (Å²) in [5, 5.41) is 0. The Kier molecular flexibility index (Phi) is 2.31. The Labute approximate surface area is 97.7 Å². The number of carbonyl (C=O) groups excluding carboxylic acids is 1. The highest BCUT2D eigenvalue weighted by Crippen LogP contribution is 2.56. The van der Waals surface area contributed by atoms with E-state index < -0.39 is 0 Å². The molecule has 3 rings (SSSR count). The van der Waals surface area contributed by atoms with Crippen molar-refractivity contribution in [1.82, 2.24) is 0 Å². The van der Waals surface area contributed by atoms with Crippen molar-refractivity contribution in [3.8, 4) is 0 Å². The second kappa shape index (κ2) is 3.48. The molecular formula is C14H22O2. The maximum absolute atomic E-state index is 12.0. The van der Waals surface area contributed by atoms with Gasteiger partial charge in [0.1, 0.15) is 6.10 Å². The van der Waals surface area contributed by atoms with Gasteiger partial charge in [0, 0.05) is 0 Å². The fraction of sp³-hybridized carbons (Fsp3) is 0.929. The van der Waals surface area contributed by atoms with Gasteiger partial charge in [-0.1, -0.05) is 26.7 Å². The summed E-state index contributed by atoms with van der Waals surface area (Å²) in [6.07, 6.45) is 7.67. The summed E-state index contributed by atoms with van der Waals surface area (Å²) >= 11 is 0. The van der Waals surface area contributed by atoms with E-state index in [0.29, 0.717) is 0 Å². The highest BCUT2D eigenvalue weighted by atomic mass is 16.5. The van der Waals surface area contributed by atoms with Crippen LogP contribution in [0.25, 0.3) is 0 Å². The summed E-state index contributed by atoms with van der Waals surface area (Å²) < 4.78 is 5.63. The van der Waals surface area contributed by atoms with Gasteiger partial charge in [-0.25, -0.2) is 0 Å². The molecule has 0 N–H and O–H groups in total. The minimum Gasteiger partial charge on any atom is -0.462 e. The predicted molar refractivity (Wildman–Crippen MR) is 61.8 cm³/mol. The maximum Gasteiger partial charge on any atom is 0.309 e. The Hall–Kier alpha value is -0.530. The fourth-order valence-corrected chi connectivity index (χ4v) is 4.46. The SMILES string of the molecule is CC1C(=O)OC2CCC3CCCC1(C)C3C2. The molecule has 0 amide bonds. The first-order valence-electron chi connectivity index (χ1n) is 6.82. The summed E-state index contributed by atoms with van der Waals surface area (Å²) in [6.45, 7) is 4.43. The van der Waals surface area contributed by atoms with Crippen molar-refractivity contribution >= 4 is 5.97 Å². The van der Waals surface area contributed by atoms with E-state index in [0.717, 1.165) is 24.7 Å². The molecule has 5 unspecified atom stereocenters. The van der Waals surface area contributed by atoms with Crippen LogP contribution in [0.4, 0.5) is 0 Å². The van der Waals surface area contributed by atoms with Gasteiger partial charge in [0.15, 0.2) is 0 Å². The lowest BCUT2D eigenvalue weighted by Crippen LogP contribution is -2.44. The minimum absolute atomic E-state index is 0.0672. The zero-order valence-corrected chi connectivity index (χ0v) is 10.4. The molecule has 2 aliphatic carbocycles. The molecule has 1 heterocycles. The van der Waals surface area contributed by atoms with Crippen molar-refractivity contribution in [2.24, 2.45) is 23.2 Å². The Balaban J connectivity index is 2.00. The first-order valence-corrected chi connectivity index (χ1v) is 6.82. The van der Waals surface area contributed by atoms with Crippen LogP contribution in [0.5, 0.6) is 0 Å². The topological polar surface area (TPSA) is 26.3 Å². The van der Waals surface area contributed by atoms with Crippen LogP contribution in [0.15, 0.2) is 0 Å². The van der Waals surface area contributed by atoms with E-state index in [1.807, 2.05) is 0 Å². The van der Waals surface area contributed by atoms with Gasteiger partial charge in [-0.05, 0) is 42.9 Å². The van der Waals surface area contributed by atoms with Crippen molar-refractivity contribution in [2.75, 3.05) is 0 Å². The van der Waals surface area contributed by atoms with E-state index in [-0.39, 0.29) is 23.4 Å². The average Bonchev–Trinajstić information content (AvgIpc) is 2.36. The molecule has 0 radical (unpaired) electrons. The normalized spacial score (nSPS) is 51.8. The molecule has 1 aliphatic heterocycles. The molecule has 5 atom stereocenters. The van der Waals surface area contributed by atoms with E-state index in [9.17, 15) is 4.79 Å². The average molecular weight is 222 g/mol. The zero-order valence-electron chi connectivity index (χ0n) is 10.4. The van der Waals surface area contributed by atoms with Gasteiger partial charge in [0.2, 0.25) is 0 Å². The lowest BCUT2D eigenvalue weighted by molar-refractivity contribution is -0.154. The Morgan fingerprint density at radius 3 is 2.94 bits per heavy atom. The zero-order chi connectivity index (χ0) is 11.3. The van der Waals surface area contributed by atoms with E-state index in [4.69, 9.17) is 4.74 Å². The van der Waals surface area contributed by atoms with E-state index >= 15 is 0 Å². The monoisotopic (exact) mass is 222 g/mol. The molecule has 2 heteroatoms. The molecule has 2 nitrogen and oxygen atoms in total. The summed E-state index contributed by atoms with van der Waals surface area (Å²) in [4.78, 5) is 12.0. The Bertz CT molecular complexity index is 312. The smallest absolute Gasteiger partial charge is 0.309 e. The lowest BCUT2D eigenvalue weighted by atomic mass is 9.54. The number of hydrogen-bond donors (Lipinski definition) is 0. The second-order valence-corrected chi connectivity index (χ2v) is 6.36. The fourth-order valence-electron chi connectivity index (χ4n) is 4.46. The number of hydrogen-bond acceptors (Lipinski definition) is 2.